The fourth-order valence-electron chi connectivity index (χ4n) is 5.11. The van der Waals surface area contributed by atoms with Gasteiger partial charge in [0.1, 0.15) is 27.2 Å². The lowest BCUT2D eigenvalue weighted by Crippen LogP contribution is -2.58. The summed E-state index contributed by atoms with van der Waals surface area (Å²) in [5.74, 6) is 0.546. The van der Waals surface area contributed by atoms with Gasteiger partial charge in [-0.25, -0.2) is 0 Å². The molecule has 2 heterocycles. The number of nitrogens with zero attached hydrogens (tertiary/aromatic N) is 1. The van der Waals surface area contributed by atoms with Crippen molar-refractivity contribution in [2.24, 2.45) is 5.41 Å². The molecule has 0 fully saturated rings. The zero-order chi connectivity index (χ0) is 26.6. The highest BCUT2D eigenvalue weighted by atomic mass is 35.5. The van der Waals surface area contributed by atoms with E-state index >= 15 is 0 Å². The van der Waals surface area contributed by atoms with E-state index in [1.54, 1.807) is 63.2 Å². The molecule has 0 bridgehead atoms. The molecule has 5 rings (SSSR count). The smallest absolute Gasteiger partial charge is 0.351 e. The summed E-state index contributed by atoms with van der Waals surface area (Å²) in [7, 11) is -9.35. The Balaban J connectivity index is 2.02. The third kappa shape index (κ3) is 3.67. The van der Waals surface area contributed by atoms with E-state index in [0.717, 1.165) is 0 Å². The molecule has 194 valence electrons. The number of benzene rings is 3. The molecule has 2 aliphatic heterocycles. The second-order valence-electron chi connectivity index (χ2n) is 10.0. The summed E-state index contributed by atoms with van der Waals surface area (Å²) in [6.07, 6.45) is 0. The van der Waals surface area contributed by atoms with E-state index in [1.165, 1.54) is 30.3 Å². The predicted octanol–water partition coefficient (Wildman–Crippen LogP) is 5.22. The SMILES string of the molecule is CC(C)(C)C1=C(Cl)c2c(ccc3c2CNCCO3)[N+]1(S(=O)(=O)c1ccccc1)S(=O)(=O)c1ccccc1. The predicted molar refractivity (Wildman–Crippen MR) is 145 cm³/mol. The van der Waals surface area contributed by atoms with Gasteiger partial charge in [-0.1, -0.05) is 68.8 Å². The zero-order valence-corrected chi connectivity index (χ0v) is 23.1. The molecule has 10 heteroatoms. The highest BCUT2D eigenvalue weighted by Gasteiger charge is 2.67. The average Bonchev–Trinajstić information content (AvgIpc) is 2.99. The quantitative estimate of drug-likeness (QED) is 0.441. The van der Waals surface area contributed by atoms with Gasteiger partial charge in [-0.05, 0) is 33.6 Å². The van der Waals surface area contributed by atoms with Gasteiger partial charge in [-0.3, -0.25) is 0 Å². The van der Waals surface area contributed by atoms with Gasteiger partial charge < -0.3 is 10.1 Å². The van der Waals surface area contributed by atoms with Crippen LogP contribution in [0.5, 0.6) is 5.75 Å². The van der Waals surface area contributed by atoms with E-state index in [-0.39, 0.29) is 26.2 Å². The van der Waals surface area contributed by atoms with Crippen LogP contribution in [0.4, 0.5) is 5.69 Å². The van der Waals surface area contributed by atoms with Crippen molar-refractivity contribution >= 4 is 42.4 Å². The van der Waals surface area contributed by atoms with Crippen LogP contribution in [0.25, 0.3) is 5.03 Å². The normalized spacial score (nSPS) is 17.5. The molecule has 0 saturated carbocycles. The van der Waals surface area contributed by atoms with E-state index in [2.05, 4.69) is 5.32 Å². The summed E-state index contributed by atoms with van der Waals surface area (Å²) < 4.78 is 63.8. The molecule has 0 spiro atoms. The third-order valence-electron chi connectivity index (χ3n) is 6.59. The van der Waals surface area contributed by atoms with E-state index in [9.17, 15) is 16.8 Å². The topological polar surface area (TPSA) is 89.5 Å². The molecule has 0 atom stereocenters. The summed E-state index contributed by atoms with van der Waals surface area (Å²) >= 11 is 7.11. The molecule has 0 unspecified atom stereocenters. The number of fused-ring (bicyclic) bond motifs is 3. The molecule has 0 saturated heterocycles. The van der Waals surface area contributed by atoms with Crippen LogP contribution in [0.1, 0.15) is 31.9 Å². The number of rotatable bonds is 4. The molecule has 7 nitrogen and oxygen atoms in total. The number of hydrogen-bond acceptors (Lipinski definition) is 6. The van der Waals surface area contributed by atoms with Gasteiger partial charge in [0.15, 0.2) is 11.4 Å². The first-order valence-corrected chi connectivity index (χ1v) is 15.1. The van der Waals surface area contributed by atoms with Gasteiger partial charge in [0.05, 0.1) is 5.56 Å². The highest BCUT2D eigenvalue weighted by Crippen LogP contribution is 2.60. The number of halogens is 1. The van der Waals surface area contributed by atoms with E-state index in [1.807, 2.05) is 0 Å². The van der Waals surface area contributed by atoms with Crippen molar-refractivity contribution < 1.29 is 21.6 Å². The number of hydrogen-bond donors (Lipinski definition) is 1. The Morgan fingerprint density at radius 1 is 0.838 bits per heavy atom. The Kier molecular flexibility index (Phi) is 6.28. The Hall–Kier alpha value is -2.69. The monoisotopic (exact) mass is 559 g/mol. The maximum Gasteiger partial charge on any atom is 0.351 e. The van der Waals surface area contributed by atoms with E-state index in [0.29, 0.717) is 36.6 Å². The number of sulfonamides is 2. The zero-order valence-electron chi connectivity index (χ0n) is 20.7. The van der Waals surface area contributed by atoms with Crippen LogP contribution < -0.4 is 13.3 Å². The minimum Gasteiger partial charge on any atom is -0.492 e. The molecular formula is C27H28ClN2O5S2+. The fraction of sp³-hybridized carbons (Fsp3) is 0.259. The minimum atomic E-state index is -4.67. The largest absolute Gasteiger partial charge is 0.492 e. The first-order chi connectivity index (χ1) is 17.5. The standard InChI is InChI=1S/C27H28ClN2O5S2/c1-27(2,3)26-25(28)24-21-18-29-16-17-35-23(21)15-14-22(24)30(26,36(31,32)19-10-6-4-7-11-19)37(33,34)20-12-8-5-9-13-20/h4-15,29H,16-18H2,1-3H3/q+1. The van der Waals surface area contributed by atoms with Gasteiger partial charge in [-0.15, -0.1) is 0 Å². The number of ether oxygens (including phenoxy) is 1. The summed E-state index contributed by atoms with van der Waals surface area (Å²) in [4.78, 5) is -0.254. The van der Waals surface area contributed by atoms with Crippen LogP contribution in [-0.2, 0) is 26.6 Å². The summed E-state index contributed by atoms with van der Waals surface area (Å²) in [6, 6.07) is 18.5. The Morgan fingerprint density at radius 3 is 1.89 bits per heavy atom. The van der Waals surface area contributed by atoms with Gasteiger partial charge in [0, 0.05) is 30.1 Å². The molecule has 0 radical (unpaired) electrons. The molecule has 3 aromatic carbocycles. The van der Waals surface area contributed by atoms with Gasteiger partial charge in [-0.2, -0.15) is 16.8 Å². The Morgan fingerprint density at radius 2 is 1.38 bits per heavy atom. The van der Waals surface area contributed by atoms with Gasteiger partial charge in [0.2, 0.25) is 0 Å². The maximum atomic E-state index is 14.8. The second-order valence-corrected chi connectivity index (χ2v) is 14.5. The lowest BCUT2D eigenvalue weighted by Gasteiger charge is -2.37. The van der Waals surface area contributed by atoms with Gasteiger partial charge in [0.25, 0.3) is 0 Å². The molecule has 3 aromatic rings. The van der Waals surface area contributed by atoms with E-state index in [4.69, 9.17) is 16.3 Å². The maximum absolute atomic E-state index is 14.8. The Bertz CT molecular complexity index is 1540. The highest BCUT2D eigenvalue weighted by molar-refractivity contribution is 8.07. The van der Waals surface area contributed by atoms with E-state index < -0.39 is 28.8 Å². The van der Waals surface area contributed by atoms with Crippen molar-refractivity contribution in [3.63, 3.8) is 0 Å². The van der Waals surface area contributed by atoms with Crippen molar-refractivity contribution in [1.82, 2.24) is 8.61 Å². The van der Waals surface area contributed by atoms with Crippen LogP contribution in [-0.4, -0.2) is 30.0 Å². The molecular weight excluding hydrogens is 532 g/mol. The van der Waals surface area contributed by atoms with Crippen molar-refractivity contribution in [1.29, 1.82) is 0 Å². The molecule has 1 N–H and O–H groups in total. The molecule has 0 aliphatic carbocycles. The third-order valence-corrected chi connectivity index (χ3v) is 12.0. The van der Waals surface area contributed by atoms with Crippen molar-refractivity contribution in [3.05, 3.63) is 89.6 Å². The molecule has 37 heavy (non-hydrogen) atoms. The van der Waals surface area contributed by atoms with Crippen molar-refractivity contribution in [2.45, 2.75) is 37.1 Å². The van der Waals surface area contributed by atoms with Crippen LogP contribution in [0.15, 0.2) is 88.3 Å². The summed E-state index contributed by atoms with van der Waals surface area (Å²) in [5, 5.41) is 3.37. The Labute approximate surface area is 223 Å². The second kappa shape index (κ2) is 8.96. The lowest BCUT2D eigenvalue weighted by atomic mass is 9.91. The molecule has 0 amide bonds. The van der Waals surface area contributed by atoms with Crippen molar-refractivity contribution in [2.75, 3.05) is 13.2 Å². The number of allylic oxidation sites excluding steroid dienone is 1. The summed E-state index contributed by atoms with van der Waals surface area (Å²) in [5.41, 5.74) is 0.167. The first kappa shape index (κ1) is 25.9. The number of nitrogens with one attached hydrogen (secondary N) is 1. The summed E-state index contributed by atoms with van der Waals surface area (Å²) in [6.45, 7) is 6.68. The van der Waals surface area contributed by atoms with Crippen LogP contribution in [0, 0.1) is 5.41 Å². The van der Waals surface area contributed by atoms with Crippen LogP contribution in [0.2, 0.25) is 0 Å². The van der Waals surface area contributed by atoms with Gasteiger partial charge >= 0.3 is 20.0 Å². The van der Waals surface area contributed by atoms with Crippen LogP contribution in [0.3, 0.4) is 0 Å². The molecule has 2 aliphatic rings. The van der Waals surface area contributed by atoms with Crippen molar-refractivity contribution in [3.8, 4) is 5.75 Å². The molecule has 0 aromatic heterocycles. The average molecular weight is 560 g/mol. The minimum absolute atomic E-state index is 0.0636. The fourth-order valence-corrected chi connectivity index (χ4v) is 11.0. The first-order valence-electron chi connectivity index (χ1n) is 11.9. The van der Waals surface area contributed by atoms with Crippen LogP contribution >= 0.6 is 11.6 Å². The lowest BCUT2D eigenvalue weighted by molar-refractivity contribution is 0.325. The number of quaternary nitrogens is 1.